The van der Waals surface area contributed by atoms with Crippen LogP contribution in [0.3, 0.4) is 0 Å². The minimum Gasteiger partial charge on any atom is -0.0958 e. The van der Waals surface area contributed by atoms with Crippen LogP contribution in [0.4, 0.5) is 0 Å². The van der Waals surface area contributed by atoms with Crippen LogP contribution in [0.2, 0.25) is 0 Å². The Morgan fingerprint density at radius 2 is 2.40 bits per heavy atom. The van der Waals surface area contributed by atoms with E-state index in [1.54, 1.807) is 0 Å². The first-order valence-corrected chi connectivity index (χ1v) is 3.80. The van der Waals surface area contributed by atoms with Crippen LogP contribution in [0.25, 0.3) is 0 Å². The molecular weight excluding hydrogens is 120 g/mol. The van der Waals surface area contributed by atoms with Crippen molar-refractivity contribution in [1.82, 2.24) is 0 Å². The summed E-state index contributed by atoms with van der Waals surface area (Å²) in [6.45, 7) is 8.20. The molecule has 0 amide bonds. The van der Waals surface area contributed by atoms with Crippen molar-refractivity contribution in [2.45, 2.75) is 20.3 Å². The zero-order valence-corrected chi connectivity index (χ0v) is 6.72. The zero-order chi connectivity index (χ0) is 7.56. The van der Waals surface area contributed by atoms with E-state index in [1.807, 2.05) is 0 Å². The summed E-state index contributed by atoms with van der Waals surface area (Å²) >= 11 is 0. The molecule has 0 N–H and O–H groups in total. The highest BCUT2D eigenvalue weighted by molar-refractivity contribution is 5.39. The van der Waals surface area contributed by atoms with Gasteiger partial charge in [0, 0.05) is 5.92 Å². The number of rotatable bonds is 2. The second-order valence-electron chi connectivity index (χ2n) is 2.80. The smallest absolute Gasteiger partial charge is 0.00208 e. The van der Waals surface area contributed by atoms with Crippen LogP contribution in [0.1, 0.15) is 20.3 Å². The molecule has 1 aliphatic rings. The fraction of sp³-hybridized carbons (Fsp3) is 0.400. The van der Waals surface area contributed by atoms with Crippen LogP contribution in [0.15, 0.2) is 36.0 Å². The third kappa shape index (κ3) is 1.21. The Kier molecular flexibility index (Phi) is 2.10. The minimum atomic E-state index is 0.637. The van der Waals surface area contributed by atoms with Crippen molar-refractivity contribution in [3.05, 3.63) is 36.0 Å². The van der Waals surface area contributed by atoms with E-state index < -0.39 is 0 Å². The number of hydrogen-bond donors (Lipinski definition) is 0. The maximum absolute atomic E-state index is 3.93. The molecule has 0 heteroatoms. The summed E-state index contributed by atoms with van der Waals surface area (Å²) in [5.41, 5.74) is 2.61. The SMILES string of the molecule is C=C(C)C1=CC=CC1CC. The second-order valence-corrected chi connectivity index (χ2v) is 2.80. The van der Waals surface area contributed by atoms with Crippen molar-refractivity contribution in [1.29, 1.82) is 0 Å². The van der Waals surface area contributed by atoms with E-state index in [0.717, 1.165) is 0 Å². The maximum Gasteiger partial charge on any atom is 0.00208 e. The Hall–Kier alpha value is -0.780. The monoisotopic (exact) mass is 134 g/mol. The molecule has 0 bridgehead atoms. The van der Waals surface area contributed by atoms with Gasteiger partial charge in [-0.05, 0) is 18.9 Å². The van der Waals surface area contributed by atoms with Crippen molar-refractivity contribution in [2.24, 2.45) is 5.92 Å². The van der Waals surface area contributed by atoms with E-state index in [9.17, 15) is 0 Å². The lowest BCUT2D eigenvalue weighted by molar-refractivity contribution is 0.746. The molecular formula is C10H14. The molecule has 1 rings (SSSR count). The van der Waals surface area contributed by atoms with E-state index in [0.29, 0.717) is 5.92 Å². The highest BCUT2D eigenvalue weighted by atomic mass is 14.2. The molecule has 0 fully saturated rings. The standard InChI is InChI=1S/C10H14/c1-4-9-6-5-7-10(9)8(2)3/h5-7,9H,2,4H2,1,3H3. The molecule has 0 radical (unpaired) electrons. The number of hydrogen-bond acceptors (Lipinski definition) is 0. The highest BCUT2D eigenvalue weighted by Gasteiger charge is 2.11. The minimum absolute atomic E-state index is 0.637. The lowest BCUT2D eigenvalue weighted by Gasteiger charge is -2.09. The first-order chi connectivity index (χ1) is 4.75. The van der Waals surface area contributed by atoms with Crippen LogP contribution in [-0.4, -0.2) is 0 Å². The highest BCUT2D eigenvalue weighted by Crippen LogP contribution is 2.26. The average Bonchev–Trinajstić information content (AvgIpc) is 2.33. The average molecular weight is 134 g/mol. The molecule has 10 heavy (non-hydrogen) atoms. The molecule has 0 saturated heterocycles. The Morgan fingerprint density at radius 3 is 2.80 bits per heavy atom. The third-order valence-electron chi connectivity index (χ3n) is 1.95. The Bertz CT molecular complexity index is 194. The first-order valence-electron chi connectivity index (χ1n) is 3.80. The predicted molar refractivity (Wildman–Crippen MR) is 45.8 cm³/mol. The van der Waals surface area contributed by atoms with E-state index >= 15 is 0 Å². The van der Waals surface area contributed by atoms with E-state index in [2.05, 4.69) is 38.7 Å². The van der Waals surface area contributed by atoms with Gasteiger partial charge in [-0.3, -0.25) is 0 Å². The summed E-state index contributed by atoms with van der Waals surface area (Å²) in [7, 11) is 0. The quantitative estimate of drug-likeness (QED) is 0.544. The van der Waals surface area contributed by atoms with Gasteiger partial charge in [0.25, 0.3) is 0 Å². The van der Waals surface area contributed by atoms with E-state index in [1.165, 1.54) is 17.6 Å². The van der Waals surface area contributed by atoms with Crippen molar-refractivity contribution in [3.63, 3.8) is 0 Å². The summed E-state index contributed by atoms with van der Waals surface area (Å²) in [5, 5.41) is 0. The predicted octanol–water partition coefficient (Wildman–Crippen LogP) is 3.08. The fourth-order valence-corrected chi connectivity index (χ4v) is 1.34. The molecule has 0 heterocycles. The van der Waals surface area contributed by atoms with Crippen molar-refractivity contribution in [3.8, 4) is 0 Å². The molecule has 0 spiro atoms. The molecule has 0 saturated carbocycles. The summed E-state index contributed by atoms with van der Waals surface area (Å²) in [6.07, 6.45) is 7.72. The van der Waals surface area contributed by atoms with E-state index in [4.69, 9.17) is 0 Å². The van der Waals surface area contributed by atoms with Gasteiger partial charge in [0.1, 0.15) is 0 Å². The van der Waals surface area contributed by atoms with Crippen LogP contribution in [0, 0.1) is 5.92 Å². The molecule has 0 aromatic heterocycles. The lowest BCUT2D eigenvalue weighted by Crippen LogP contribution is -1.95. The largest absolute Gasteiger partial charge is 0.0958 e. The van der Waals surface area contributed by atoms with Gasteiger partial charge in [-0.1, -0.05) is 37.3 Å². The molecule has 1 aliphatic carbocycles. The summed E-state index contributed by atoms with van der Waals surface area (Å²) in [5.74, 6) is 0.637. The summed E-state index contributed by atoms with van der Waals surface area (Å²) in [4.78, 5) is 0. The number of allylic oxidation sites excluding steroid dienone is 5. The van der Waals surface area contributed by atoms with Gasteiger partial charge in [-0.25, -0.2) is 0 Å². The second kappa shape index (κ2) is 2.87. The topological polar surface area (TPSA) is 0 Å². The molecule has 0 aromatic rings. The molecule has 1 unspecified atom stereocenters. The van der Waals surface area contributed by atoms with Gasteiger partial charge >= 0.3 is 0 Å². The Labute approximate surface area is 62.9 Å². The van der Waals surface area contributed by atoms with Crippen LogP contribution in [-0.2, 0) is 0 Å². The van der Waals surface area contributed by atoms with Gasteiger partial charge in [-0.2, -0.15) is 0 Å². The zero-order valence-electron chi connectivity index (χ0n) is 6.72. The van der Waals surface area contributed by atoms with Crippen molar-refractivity contribution in [2.75, 3.05) is 0 Å². The molecule has 54 valence electrons. The van der Waals surface area contributed by atoms with Crippen LogP contribution < -0.4 is 0 Å². The molecule has 1 atom stereocenters. The lowest BCUT2D eigenvalue weighted by atomic mass is 9.95. The van der Waals surface area contributed by atoms with Crippen LogP contribution >= 0.6 is 0 Å². The van der Waals surface area contributed by atoms with Gasteiger partial charge in [0.15, 0.2) is 0 Å². The third-order valence-corrected chi connectivity index (χ3v) is 1.95. The Morgan fingerprint density at radius 1 is 1.70 bits per heavy atom. The molecule has 0 aliphatic heterocycles. The van der Waals surface area contributed by atoms with Gasteiger partial charge in [-0.15, -0.1) is 0 Å². The Balaban J connectivity index is 2.71. The van der Waals surface area contributed by atoms with Crippen LogP contribution in [0.5, 0.6) is 0 Å². The molecule has 0 nitrogen and oxygen atoms in total. The summed E-state index contributed by atoms with van der Waals surface area (Å²) < 4.78 is 0. The van der Waals surface area contributed by atoms with Crippen molar-refractivity contribution < 1.29 is 0 Å². The van der Waals surface area contributed by atoms with Gasteiger partial charge in [0.05, 0.1) is 0 Å². The van der Waals surface area contributed by atoms with Gasteiger partial charge < -0.3 is 0 Å². The normalized spacial score (nSPS) is 23.0. The molecule has 0 aromatic carbocycles. The van der Waals surface area contributed by atoms with Gasteiger partial charge in [0.2, 0.25) is 0 Å². The van der Waals surface area contributed by atoms with E-state index in [-0.39, 0.29) is 0 Å². The maximum atomic E-state index is 3.93. The van der Waals surface area contributed by atoms with Crippen molar-refractivity contribution >= 4 is 0 Å². The fourth-order valence-electron chi connectivity index (χ4n) is 1.34. The first kappa shape index (κ1) is 7.33. The summed E-state index contributed by atoms with van der Waals surface area (Å²) in [6, 6.07) is 0.